The van der Waals surface area contributed by atoms with Gasteiger partial charge in [-0.05, 0) is 60.6 Å². The third-order valence-electron chi connectivity index (χ3n) is 7.38. The van der Waals surface area contributed by atoms with Crippen molar-refractivity contribution >= 4 is 11.6 Å². The zero-order chi connectivity index (χ0) is 24.9. The zero-order valence-electron chi connectivity index (χ0n) is 21.3. The molecule has 5 rings (SSSR count). The summed E-state index contributed by atoms with van der Waals surface area (Å²) in [5, 5.41) is 3.82. The third kappa shape index (κ3) is 4.90. The predicted molar refractivity (Wildman–Crippen MR) is 146 cm³/mol. The van der Waals surface area contributed by atoms with Gasteiger partial charge in [-0.1, -0.05) is 74.5 Å². The number of fused-ring (bicyclic) bond motifs is 3. The van der Waals surface area contributed by atoms with Crippen LogP contribution >= 0.6 is 0 Å². The van der Waals surface area contributed by atoms with E-state index >= 15 is 0 Å². The number of para-hydroxylation sites is 1. The van der Waals surface area contributed by atoms with E-state index in [1.54, 1.807) is 0 Å². The molecule has 4 heteroatoms. The van der Waals surface area contributed by atoms with Gasteiger partial charge in [-0.15, -0.1) is 0 Å². The zero-order valence-corrected chi connectivity index (χ0v) is 21.3. The number of anilines is 1. The van der Waals surface area contributed by atoms with Crippen LogP contribution in [0.15, 0.2) is 84.9 Å². The Morgan fingerprint density at radius 1 is 0.944 bits per heavy atom. The van der Waals surface area contributed by atoms with Gasteiger partial charge in [-0.25, -0.2) is 0 Å². The van der Waals surface area contributed by atoms with Crippen molar-refractivity contribution in [2.24, 2.45) is 5.92 Å². The molecule has 1 N–H and O–H groups in total. The molecule has 0 fully saturated rings. The van der Waals surface area contributed by atoms with Crippen molar-refractivity contribution < 1.29 is 9.53 Å². The predicted octanol–water partition coefficient (Wildman–Crippen LogP) is 7.35. The van der Waals surface area contributed by atoms with Crippen LogP contribution in [0.2, 0.25) is 0 Å². The van der Waals surface area contributed by atoms with E-state index < -0.39 is 0 Å². The van der Waals surface area contributed by atoms with E-state index in [1.807, 2.05) is 35.2 Å². The topological polar surface area (TPSA) is 41.6 Å². The Morgan fingerprint density at radius 2 is 1.69 bits per heavy atom. The van der Waals surface area contributed by atoms with Gasteiger partial charge in [0.1, 0.15) is 12.4 Å². The quantitative estimate of drug-likeness (QED) is 0.325. The number of rotatable bonds is 9. The number of nitrogens with zero attached hydrogens (tertiary/aromatic N) is 1. The van der Waals surface area contributed by atoms with Crippen molar-refractivity contribution in [2.75, 3.05) is 18.4 Å². The average molecular weight is 481 g/mol. The number of hydrogen-bond donors (Lipinski definition) is 1. The molecular formula is C32H36N2O2. The average Bonchev–Trinajstić information content (AvgIpc) is 3.42. The molecule has 36 heavy (non-hydrogen) atoms. The lowest BCUT2D eigenvalue weighted by molar-refractivity contribution is 0.0755. The summed E-state index contributed by atoms with van der Waals surface area (Å²) in [6.07, 6.45) is 7.57. The smallest absolute Gasteiger partial charge is 0.253 e. The maximum absolute atomic E-state index is 13.3. The molecule has 3 aromatic rings. The SMILES string of the molecule is CCCN(CCC)C(=O)c1ccc2c(c1)C1C=CCC1C(c1ccccc1OCc1ccccc1)N2. The number of ether oxygens (including phenoxy) is 1. The van der Waals surface area contributed by atoms with Gasteiger partial charge in [0.25, 0.3) is 5.91 Å². The van der Waals surface area contributed by atoms with E-state index in [0.29, 0.717) is 12.5 Å². The number of allylic oxidation sites excluding steroid dienone is 2. The van der Waals surface area contributed by atoms with E-state index in [4.69, 9.17) is 4.74 Å². The Kier molecular flexibility index (Phi) is 7.41. The van der Waals surface area contributed by atoms with Gasteiger partial charge in [-0.2, -0.15) is 0 Å². The Hall–Kier alpha value is -3.53. The van der Waals surface area contributed by atoms with E-state index in [-0.39, 0.29) is 17.9 Å². The lowest BCUT2D eigenvalue weighted by Gasteiger charge is -2.38. The van der Waals surface area contributed by atoms with E-state index in [9.17, 15) is 4.79 Å². The molecule has 1 aliphatic heterocycles. The fourth-order valence-electron chi connectivity index (χ4n) is 5.68. The van der Waals surface area contributed by atoms with Crippen molar-refractivity contribution in [3.8, 4) is 5.75 Å². The number of amides is 1. The van der Waals surface area contributed by atoms with Crippen molar-refractivity contribution in [3.63, 3.8) is 0 Å². The molecule has 0 bridgehead atoms. The Balaban J connectivity index is 1.42. The summed E-state index contributed by atoms with van der Waals surface area (Å²) in [6.45, 7) is 6.40. The molecular weight excluding hydrogens is 444 g/mol. The lowest BCUT2D eigenvalue weighted by Crippen LogP contribution is -2.33. The normalized spacial score (nSPS) is 19.8. The van der Waals surface area contributed by atoms with Crippen LogP contribution in [0.3, 0.4) is 0 Å². The van der Waals surface area contributed by atoms with Crippen molar-refractivity contribution in [1.82, 2.24) is 4.90 Å². The molecule has 1 amide bonds. The molecule has 0 saturated carbocycles. The van der Waals surface area contributed by atoms with Gasteiger partial charge < -0.3 is 15.0 Å². The number of benzene rings is 3. The van der Waals surface area contributed by atoms with Gasteiger partial charge in [0.15, 0.2) is 0 Å². The lowest BCUT2D eigenvalue weighted by atomic mass is 9.76. The summed E-state index contributed by atoms with van der Waals surface area (Å²) in [5.41, 5.74) is 5.48. The second-order valence-electron chi connectivity index (χ2n) is 9.88. The van der Waals surface area contributed by atoms with Crippen molar-refractivity contribution in [3.05, 3.63) is 107 Å². The second-order valence-corrected chi connectivity index (χ2v) is 9.88. The Labute approximate surface area is 215 Å². The summed E-state index contributed by atoms with van der Waals surface area (Å²) in [7, 11) is 0. The number of hydrogen-bond acceptors (Lipinski definition) is 3. The molecule has 3 atom stereocenters. The highest BCUT2D eigenvalue weighted by molar-refractivity contribution is 5.95. The van der Waals surface area contributed by atoms with Gasteiger partial charge in [0.05, 0.1) is 6.04 Å². The Morgan fingerprint density at radius 3 is 2.47 bits per heavy atom. The van der Waals surface area contributed by atoms with Crippen LogP contribution in [0.5, 0.6) is 5.75 Å². The first-order valence-electron chi connectivity index (χ1n) is 13.3. The molecule has 2 aliphatic rings. The molecule has 3 unspecified atom stereocenters. The number of carbonyl (C=O) groups is 1. The summed E-state index contributed by atoms with van der Waals surface area (Å²) < 4.78 is 6.33. The van der Waals surface area contributed by atoms with Crippen LogP contribution in [0.4, 0.5) is 5.69 Å². The van der Waals surface area contributed by atoms with Crippen LogP contribution in [0.1, 0.15) is 72.1 Å². The molecule has 0 radical (unpaired) electrons. The first-order chi connectivity index (χ1) is 17.7. The first kappa shape index (κ1) is 24.2. The number of carbonyl (C=O) groups excluding carboxylic acids is 1. The second kappa shape index (κ2) is 11.0. The van der Waals surface area contributed by atoms with Crippen molar-refractivity contribution in [2.45, 2.75) is 51.7 Å². The third-order valence-corrected chi connectivity index (χ3v) is 7.38. The van der Waals surface area contributed by atoms with E-state index in [0.717, 1.165) is 54.9 Å². The molecule has 186 valence electrons. The molecule has 1 aliphatic carbocycles. The van der Waals surface area contributed by atoms with Gasteiger partial charge in [0, 0.05) is 35.8 Å². The maximum Gasteiger partial charge on any atom is 0.253 e. The maximum atomic E-state index is 13.3. The first-order valence-corrected chi connectivity index (χ1v) is 13.3. The Bertz CT molecular complexity index is 1210. The highest BCUT2D eigenvalue weighted by atomic mass is 16.5. The van der Waals surface area contributed by atoms with Gasteiger partial charge in [0.2, 0.25) is 0 Å². The summed E-state index contributed by atoms with van der Waals surface area (Å²) >= 11 is 0. The van der Waals surface area contributed by atoms with Crippen molar-refractivity contribution in [1.29, 1.82) is 0 Å². The van der Waals surface area contributed by atoms with Crippen LogP contribution in [0, 0.1) is 5.92 Å². The fraction of sp³-hybridized carbons (Fsp3) is 0.344. The highest BCUT2D eigenvalue weighted by Crippen LogP contribution is 2.51. The highest BCUT2D eigenvalue weighted by Gasteiger charge is 2.39. The van der Waals surface area contributed by atoms with Crippen LogP contribution in [-0.2, 0) is 6.61 Å². The molecule has 3 aromatic carbocycles. The minimum atomic E-state index is 0.141. The molecule has 0 aromatic heterocycles. The summed E-state index contributed by atoms with van der Waals surface area (Å²) in [5.74, 6) is 1.73. The fourth-order valence-corrected chi connectivity index (χ4v) is 5.68. The van der Waals surface area contributed by atoms with Gasteiger partial charge in [-0.3, -0.25) is 4.79 Å². The summed E-state index contributed by atoms with van der Waals surface area (Å²) in [6, 6.07) is 25.0. The summed E-state index contributed by atoms with van der Waals surface area (Å²) in [4.78, 5) is 15.3. The van der Waals surface area contributed by atoms with E-state index in [1.165, 1.54) is 11.1 Å². The van der Waals surface area contributed by atoms with Crippen LogP contribution in [-0.4, -0.2) is 23.9 Å². The molecule has 0 saturated heterocycles. The minimum absolute atomic E-state index is 0.141. The molecule has 0 spiro atoms. The molecule has 1 heterocycles. The van der Waals surface area contributed by atoms with Crippen LogP contribution < -0.4 is 10.1 Å². The standard InChI is InChI=1S/C32H36N2O2/c1-3-19-34(20-4-2)32(35)24-17-18-29-28(21-24)25-14-10-15-26(25)31(33-29)27-13-8-9-16-30(27)36-22-23-11-6-5-7-12-23/h5-14,16-18,21,25-26,31,33H,3-4,15,19-20,22H2,1-2H3. The number of nitrogens with one attached hydrogen (secondary N) is 1. The largest absolute Gasteiger partial charge is 0.489 e. The van der Waals surface area contributed by atoms with E-state index in [2.05, 4.69) is 73.8 Å². The molecule has 4 nitrogen and oxygen atoms in total. The van der Waals surface area contributed by atoms with Crippen LogP contribution in [0.25, 0.3) is 0 Å². The minimum Gasteiger partial charge on any atom is -0.489 e. The van der Waals surface area contributed by atoms with Gasteiger partial charge >= 0.3 is 0 Å². The monoisotopic (exact) mass is 480 g/mol.